The normalized spacial score (nSPS) is 11.7. The van der Waals surface area contributed by atoms with E-state index in [4.69, 9.17) is 10.00 Å². The molecule has 1 aromatic heterocycles. The minimum atomic E-state index is -0.179. The van der Waals surface area contributed by atoms with E-state index in [9.17, 15) is 4.79 Å². The van der Waals surface area contributed by atoms with E-state index >= 15 is 0 Å². The Bertz CT molecular complexity index is 972. The van der Waals surface area contributed by atoms with Crippen LogP contribution in [-0.4, -0.2) is 17.6 Å². The van der Waals surface area contributed by atoms with Crippen molar-refractivity contribution in [1.29, 1.82) is 5.26 Å². The first-order chi connectivity index (χ1) is 12.6. The molecule has 1 heterocycles. The van der Waals surface area contributed by atoms with Crippen LogP contribution < -0.4 is 0 Å². The molecule has 0 fully saturated rings. The van der Waals surface area contributed by atoms with Gasteiger partial charge < -0.3 is 4.74 Å². The number of hydrogen-bond acceptors (Lipinski definition) is 4. The smallest absolute Gasteiger partial charge is 0.306 e. The molecule has 0 amide bonds. The highest BCUT2D eigenvalue weighted by molar-refractivity contribution is 5.96. The van der Waals surface area contributed by atoms with Gasteiger partial charge in [-0.1, -0.05) is 37.3 Å². The second-order valence-electron chi connectivity index (χ2n) is 6.27. The summed E-state index contributed by atoms with van der Waals surface area (Å²) in [5, 5.41) is 11.1. The SMILES string of the molecule is CCOC(=O)CC(C)c1ccc2cncc(-c3ccc(C#N)cc3)c2c1. The van der Waals surface area contributed by atoms with Gasteiger partial charge in [0.05, 0.1) is 24.7 Å². The van der Waals surface area contributed by atoms with Crippen molar-refractivity contribution >= 4 is 16.7 Å². The van der Waals surface area contributed by atoms with Crippen LogP contribution in [0.15, 0.2) is 54.9 Å². The number of fused-ring (bicyclic) bond motifs is 1. The minimum absolute atomic E-state index is 0.0698. The van der Waals surface area contributed by atoms with E-state index in [2.05, 4.69) is 17.1 Å². The van der Waals surface area contributed by atoms with Gasteiger partial charge in [0.1, 0.15) is 0 Å². The third-order valence-electron chi connectivity index (χ3n) is 4.46. The summed E-state index contributed by atoms with van der Waals surface area (Å²) in [5.74, 6) is -0.109. The Kier molecular flexibility index (Phi) is 5.28. The Morgan fingerprint density at radius 1 is 1.19 bits per heavy atom. The lowest BCUT2D eigenvalue weighted by atomic mass is 9.93. The van der Waals surface area contributed by atoms with Gasteiger partial charge in [-0.2, -0.15) is 5.26 Å². The van der Waals surface area contributed by atoms with E-state index in [0.29, 0.717) is 18.6 Å². The minimum Gasteiger partial charge on any atom is -0.466 e. The molecule has 26 heavy (non-hydrogen) atoms. The summed E-state index contributed by atoms with van der Waals surface area (Å²) in [4.78, 5) is 16.1. The standard InChI is InChI=1S/C22H20N2O2/c1-3-26-22(25)10-15(2)18-8-9-19-13-24-14-21(20(19)11-18)17-6-4-16(12-23)5-7-17/h4-9,11,13-15H,3,10H2,1-2H3. The molecule has 3 rings (SSSR count). The summed E-state index contributed by atoms with van der Waals surface area (Å²) in [7, 11) is 0. The molecule has 0 bridgehead atoms. The number of nitrogens with zero attached hydrogens (tertiary/aromatic N) is 2. The molecule has 0 N–H and O–H groups in total. The fourth-order valence-electron chi connectivity index (χ4n) is 3.03. The van der Waals surface area contributed by atoms with Gasteiger partial charge in [-0.25, -0.2) is 0 Å². The maximum Gasteiger partial charge on any atom is 0.306 e. The lowest BCUT2D eigenvalue weighted by molar-refractivity contribution is -0.143. The number of aromatic nitrogens is 1. The lowest BCUT2D eigenvalue weighted by Gasteiger charge is -2.14. The predicted molar refractivity (Wildman–Crippen MR) is 102 cm³/mol. The molecule has 2 aromatic carbocycles. The Balaban J connectivity index is 2.00. The van der Waals surface area contributed by atoms with Crippen LogP contribution in [0.25, 0.3) is 21.9 Å². The Morgan fingerprint density at radius 3 is 2.65 bits per heavy atom. The number of ether oxygens (including phenoxy) is 1. The summed E-state index contributed by atoms with van der Waals surface area (Å²) in [6.07, 6.45) is 4.03. The zero-order chi connectivity index (χ0) is 18.5. The zero-order valence-corrected chi connectivity index (χ0v) is 14.9. The van der Waals surface area contributed by atoms with Gasteiger partial charge in [0.2, 0.25) is 0 Å². The van der Waals surface area contributed by atoms with E-state index < -0.39 is 0 Å². The van der Waals surface area contributed by atoms with Gasteiger partial charge >= 0.3 is 5.97 Å². The van der Waals surface area contributed by atoms with Crippen molar-refractivity contribution in [2.24, 2.45) is 0 Å². The number of esters is 1. The highest BCUT2D eigenvalue weighted by Crippen LogP contribution is 2.31. The maximum absolute atomic E-state index is 11.8. The number of hydrogen-bond donors (Lipinski definition) is 0. The van der Waals surface area contributed by atoms with Gasteiger partial charge in [0.25, 0.3) is 0 Å². The fourth-order valence-corrected chi connectivity index (χ4v) is 3.03. The third-order valence-corrected chi connectivity index (χ3v) is 4.46. The molecule has 0 aliphatic carbocycles. The van der Waals surface area contributed by atoms with Crippen LogP contribution in [0.2, 0.25) is 0 Å². The predicted octanol–water partition coefficient (Wildman–Crippen LogP) is 4.83. The largest absolute Gasteiger partial charge is 0.466 e. The van der Waals surface area contributed by atoms with Gasteiger partial charge in [-0.3, -0.25) is 9.78 Å². The molecule has 130 valence electrons. The number of carbonyl (C=O) groups excluding carboxylic acids is 1. The first kappa shape index (κ1) is 17.6. The first-order valence-electron chi connectivity index (χ1n) is 8.66. The monoisotopic (exact) mass is 344 g/mol. The summed E-state index contributed by atoms with van der Waals surface area (Å²) in [6, 6.07) is 15.8. The lowest BCUT2D eigenvalue weighted by Crippen LogP contribution is -2.08. The fraction of sp³-hybridized carbons (Fsp3) is 0.227. The molecular formula is C22H20N2O2. The van der Waals surface area contributed by atoms with Crippen LogP contribution in [0, 0.1) is 11.3 Å². The summed E-state index contributed by atoms with van der Waals surface area (Å²) in [5.41, 5.74) is 3.74. The summed E-state index contributed by atoms with van der Waals surface area (Å²) >= 11 is 0. The van der Waals surface area contributed by atoms with Crippen LogP contribution in [-0.2, 0) is 9.53 Å². The molecule has 0 spiro atoms. The molecule has 4 heteroatoms. The van der Waals surface area contributed by atoms with Crippen LogP contribution in [0.1, 0.15) is 37.3 Å². The quantitative estimate of drug-likeness (QED) is 0.622. The average Bonchev–Trinajstić information content (AvgIpc) is 2.67. The number of carbonyl (C=O) groups is 1. The third kappa shape index (κ3) is 3.73. The molecule has 0 radical (unpaired) electrons. The van der Waals surface area contributed by atoms with E-state index in [-0.39, 0.29) is 11.9 Å². The molecule has 0 saturated heterocycles. The van der Waals surface area contributed by atoms with Crippen LogP contribution in [0.5, 0.6) is 0 Å². The Morgan fingerprint density at radius 2 is 1.96 bits per heavy atom. The number of pyridine rings is 1. The van der Waals surface area contributed by atoms with Crippen molar-refractivity contribution in [3.63, 3.8) is 0 Å². The second-order valence-corrected chi connectivity index (χ2v) is 6.27. The van der Waals surface area contributed by atoms with Gasteiger partial charge in [0, 0.05) is 23.3 Å². The van der Waals surface area contributed by atoms with Crippen molar-refractivity contribution in [3.8, 4) is 17.2 Å². The maximum atomic E-state index is 11.8. The van der Waals surface area contributed by atoms with Crippen molar-refractivity contribution in [2.75, 3.05) is 6.61 Å². The van der Waals surface area contributed by atoms with E-state index in [1.165, 1.54) is 0 Å². The molecule has 1 atom stereocenters. The average molecular weight is 344 g/mol. The highest BCUT2D eigenvalue weighted by Gasteiger charge is 2.14. The first-order valence-corrected chi connectivity index (χ1v) is 8.66. The topological polar surface area (TPSA) is 63.0 Å². The number of nitriles is 1. The van der Waals surface area contributed by atoms with E-state index in [1.807, 2.05) is 50.5 Å². The Hall–Kier alpha value is -3.19. The molecule has 1 unspecified atom stereocenters. The molecule has 3 aromatic rings. The molecule has 0 aliphatic rings. The second kappa shape index (κ2) is 7.79. The van der Waals surface area contributed by atoms with Crippen molar-refractivity contribution < 1.29 is 9.53 Å². The molecule has 4 nitrogen and oxygen atoms in total. The highest BCUT2D eigenvalue weighted by atomic mass is 16.5. The number of benzene rings is 2. The van der Waals surface area contributed by atoms with Gasteiger partial charge in [-0.05, 0) is 41.5 Å². The van der Waals surface area contributed by atoms with Crippen molar-refractivity contribution in [2.45, 2.75) is 26.2 Å². The van der Waals surface area contributed by atoms with Gasteiger partial charge in [-0.15, -0.1) is 0 Å². The molecule has 0 aliphatic heterocycles. The van der Waals surface area contributed by atoms with Crippen molar-refractivity contribution in [1.82, 2.24) is 4.98 Å². The van der Waals surface area contributed by atoms with Crippen molar-refractivity contribution in [3.05, 3.63) is 66.0 Å². The van der Waals surface area contributed by atoms with Crippen LogP contribution in [0.3, 0.4) is 0 Å². The Labute approximate surface area is 153 Å². The summed E-state index contributed by atoms with van der Waals surface area (Å²) < 4.78 is 5.06. The van der Waals surface area contributed by atoms with E-state index in [1.54, 1.807) is 12.1 Å². The molecular weight excluding hydrogens is 324 g/mol. The summed E-state index contributed by atoms with van der Waals surface area (Å²) in [6.45, 7) is 4.24. The van der Waals surface area contributed by atoms with Gasteiger partial charge in [0.15, 0.2) is 0 Å². The van der Waals surface area contributed by atoms with Crippen LogP contribution >= 0.6 is 0 Å². The van der Waals surface area contributed by atoms with E-state index in [0.717, 1.165) is 27.5 Å². The van der Waals surface area contributed by atoms with Crippen LogP contribution in [0.4, 0.5) is 0 Å². The number of rotatable bonds is 5. The molecule has 0 saturated carbocycles. The zero-order valence-electron chi connectivity index (χ0n) is 14.9.